The van der Waals surface area contributed by atoms with Crippen molar-refractivity contribution in [2.75, 3.05) is 0 Å². The maximum atomic E-state index is 12.4. The molecule has 0 spiro atoms. The van der Waals surface area contributed by atoms with Crippen molar-refractivity contribution >= 4 is 19.7 Å². The van der Waals surface area contributed by atoms with Crippen LogP contribution in [-0.4, -0.2) is 13.4 Å². The van der Waals surface area contributed by atoms with E-state index in [0.29, 0.717) is 6.07 Å². The average molecular weight is 269 g/mol. The predicted octanol–water partition coefficient (Wildman–Crippen LogP) is 1.11. The van der Waals surface area contributed by atoms with Gasteiger partial charge in [0, 0.05) is 22.3 Å². The van der Waals surface area contributed by atoms with E-state index < -0.39 is 37.2 Å². The Balaban J connectivity index is 3.78. The van der Waals surface area contributed by atoms with E-state index >= 15 is 0 Å². The Bertz CT molecular complexity index is 617. The van der Waals surface area contributed by atoms with Gasteiger partial charge in [0.25, 0.3) is 15.5 Å². The van der Waals surface area contributed by atoms with Gasteiger partial charge in [-0.2, -0.15) is 5.26 Å². The minimum atomic E-state index is -4.46. The molecule has 0 fully saturated rings. The molecule has 0 saturated heterocycles. The highest BCUT2D eigenvalue weighted by atomic mass is 35.7. The summed E-state index contributed by atoms with van der Waals surface area (Å²) in [6, 6.07) is 1.72. The summed E-state index contributed by atoms with van der Waals surface area (Å²) >= 11 is 0. The maximum Gasteiger partial charge on any atom is 0.278 e. The Kier molecular flexibility index (Phi) is 3.30. The number of aromatic amines is 1. The van der Waals surface area contributed by atoms with Crippen LogP contribution >= 0.6 is 10.7 Å². The molecule has 0 bridgehead atoms. The van der Waals surface area contributed by atoms with Gasteiger partial charge < -0.3 is 4.98 Å². The second-order valence-electron chi connectivity index (χ2n) is 2.64. The topological polar surface area (TPSA) is 90.8 Å². The number of hydrogen-bond donors (Lipinski definition) is 1. The van der Waals surface area contributed by atoms with Gasteiger partial charge in [0.15, 0.2) is 5.03 Å². The first-order chi connectivity index (χ1) is 7.27. The number of H-pyrrole nitrogens is 1. The first-order valence-corrected chi connectivity index (χ1v) is 5.98. The fourth-order valence-corrected chi connectivity index (χ4v) is 2.00. The number of nitrogens with zero attached hydrogens (tertiary/aromatic N) is 1. The average Bonchev–Trinajstić information content (AvgIpc) is 2.14. The van der Waals surface area contributed by atoms with Gasteiger partial charge in [0.1, 0.15) is 6.07 Å². The molecule has 0 aromatic carbocycles. The third kappa shape index (κ3) is 2.37. The summed E-state index contributed by atoms with van der Waals surface area (Å²) in [6.07, 6.45) is -3.14. The van der Waals surface area contributed by atoms with Crippen molar-refractivity contribution in [3.05, 3.63) is 27.5 Å². The van der Waals surface area contributed by atoms with Crippen LogP contribution in [0.2, 0.25) is 0 Å². The normalized spacial score (nSPS) is 11.4. The summed E-state index contributed by atoms with van der Waals surface area (Å²) in [5, 5.41) is 7.56. The van der Waals surface area contributed by atoms with E-state index in [1.807, 2.05) is 0 Å². The molecule has 0 amide bonds. The van der Waals surface area contributed by atoms with E-state index in [1.165, 1.54) is 6.07 Å². The number of pyridine rings is 1. The zero-order chi connectivity index (χ0) is 12.5. The van der Waals surface area contributed by atoms with E-state index in [2.05, 4.69) is 0 Å². The van der Waals surface area contributed by atoms with Gasteiger partial charge in [0.05, 0.1) is 5.56 Å². The lowest BCUT2D eigenvalue weighted by Crippen LogP contribution is -2.14. The van der Waals surface area contributed by atoms with Crippen LogP contribution in [0.3, 0.4) is 0 Å². The Morgan fingerprint density at radius 2 is 2.06 bits per heavy atom. The molecule has 0 unspecified atom stereocenters. The smallest absolute Gasteiger partial charge is 0.278 e. The zero-order valence-electron chi connectivity index (χ0n) is 7.37. The molecule has 0 aliphatic carbocycles. The first-order valence-electron chi connectivity index (χ1n) is 3.67. The molecule has 5 nitrogen and oxygen atoms in total. The highest BCUT2D eigenvalue weighted by Crippen LogP contribution is 2.25. The molecule has 0 aliphatic heterocycles. The highest BCUT2D eigenvalue weighted by Gasteiger charge is 2.24. The van der Waals surface area contributed by atoms with Gasteiger partial charge in [-0.3, -0.25) is 4.79 Å². The fraction of sp³-hybridized carbons (Fsp3) is 0.143. The molecule has 0 atom stereocenters. The van der Waals surface area contributed by atoms with Gasteiger partial charge >= 0.3 is 0 Å². The number of nitriles is 1. The summed E-state index contributed by atoms with van der Waals surface area (Å²) in [7, 11) is 0.434. The Labute approximate surface area is 92.7 Å². The molecule has 9 heteroatoms. The number of nitrogens with one attached hydrogen (secondary N) is 1. The third-order valence-corrected chi connectivity index (χ3v) is 2.89. The van der Waals surface area contributed by atoms with Crippen molar-refractivity contribution in [3.63, 3.8) is 0 Å². The summed E-state index contributed by atoms with van der Waals surface area (Å²) in [4.78, 5) is 12.6. The fourth-order valence-electron chi connectivity index (χ4n) is 1.03. The molecule has 1 aromatic rings. The molecule has 86 valence electrons. The summed E-state index contributed by atoms with van der Waals surface area (Å²) in [5.74, 6) is 0. The van der Waals surface area contributed by atoms with Gasteiger partial charge in [-0.05, 0) is 0 Å². The predicted molar refractivity (Wildman–Crippen MR) is 49.8 cm³/mol. The van der Waals surface area contributed by atoms with E-state index in [4.69, 9.17) is 15.9 Å². The standard InChI is InChI=1S/C7H3ClF2N2O3S/c8-16(14,15)7-4(2-11)3(6(9)10)1-5(13)12-7/h1,6H,(H,12,13). The monoisotopic (exact) mass is 268 g/mol. The van der Waals surface area contributed by atoms with Gasteiger partial charge in [0.2, 0.25) is 5.56 Å². The van der Waals surface area contributed by atoms with Crippen LogP contribution < -0.4 is 5.56 Å². The largest absolute Gasteiger partial charge is 0.311 e. The van der Waals surface area contributed by atoms with Crippen molar-refractivity contribution in [2.24, 2.45) is 0 Å². The Morgan fingerprint density at radius 1 is 1.50 bits per heavy atom. The zero-order valence-corrected chi connectivity index (χ0v) is 8.94. The second-order valence-corrected chi connectivity index (χ2v) is 5.15. The van der Waals surface area contributed by atoms with Crippen LogP contribution in [-0.2, 0) is 9.05 Å². The molecule has 1 aromatic heterocycles. The minimum Gasteiger partial charge on any atom is -0.311 e. The molecule has 0 radical (unpaired) electrons. The molecule has 16 heavy (non-hydrogen) atoms. The highest BCUT2D eigenvalue weighted by molar-refractivity contribution is 8.13. The molecule has 0 saturated carbocycles. The third-order valence-electron chi connectivity index (χ3n) is 1.63. The summed E-state index contributed by atoms with van der Waals surface area (Å²) in [5.41, 5.74) is -2.90. The Hall–Kier alpha value is -1.46. The Morgan fingerprint density at radius 3 is 2.44 bits per heavy atom. The molecular weight excluding hydrogens is 266 g/mol. The molecule has 1 rings (SSSR count). The number of aromatic nitrogens is 1. The van der Waals surface area contributed by atoms with Crippen LogP contribution in [0.5, 0.6) is 0 Å². The van der Waals surface area contributed by atoms with Crippen molar-refractivity contribution in [3.8, 4) is 6.07 Å². The summed E-state index contributed by atoms with van der Waals surface area (Å²) < 4.78 is 46.7. The van der Waals surface area contributed by atoms with Crippen LogP contribution in [0.1, 0.15) is 17.6 Å². The lowest BCUT2D eigenvalue weighted by molar-refractivity contribution is 0.150. The van der Waals surface area contributed by atoms with Gasteiger partial charge in [-0.1, -0.05) is 0 Å². The summed E-state index contributed by atoms with van der Waals surface area (Å²) in [6.45, 7) is 0. The number of hydrogen-bond acceptors (Lipinski definition) is 4. The van der Waals surface area contributed by atoms with Crippen molar-refractivity contribution < 1.29 is 17.2 Å². The van der Waals surface area contributed by atoms with E-state index in [9.17, 15) is 22.0 Å². The molecular formula is C7H3ClF2N2O3S. The van der Waals surface area contributed by atoms with Crippen molar-refractivity contribution in [1.29, 1.82) is 5.26 Å². The van der Waals surface area contributed by atoms with Crippen LogP contribution in [0.15, 0.2) is 15.9 Å². The van der Waals surface area contributed by atoms with Gasteiger partial charge in [-0.25, -0.2) is 17.2 Å². The lowest BCUT2D eigenvalue weighted by atomic mass is 10.1. The van der Waals surface area contributed by atoms with Crippen molar-refractivity contribution in [1.82, 2.24) is 4.98 Å². The van der Waals surface area contributed by atoms with E-state index in [0.717, 1.165) is 0 Å². The second kappa shape index (κ2) is 4.19. The number of rotatable bonds is 2. The molecule has 1 N–H and O–H groups in total. The number of halogens is 3. The lowest BCUT2D eigenvalue weighted by Gasteiger charge is -2.05. The minimum absolute atomic E-state index is 0.453. The van der Waals surface area contributed by atoms with E-state index in [1.54, 1.807) is 4.98 Å². The SMILES string of the molecule is N#Cc1c(C(F)F)cc(=O)[nH]c1S(=O)(=O)Cl. The molecule has 1 heterocycles. The van der Waals surface area contributed by atoms with Crippen LogP contribution in [0, 0.1) is 11.3 Å². The van der Waals surface area contributed by atoms with E-state index in [-0.39, 0.29) is 0 Å². The van der Waals surface area contributed by atoms with Gasteiger partial charge in [-0.15, -0.1) is 0 Å². The van der Waals surface area contributed by atoms with Crippen LogP contribution in [0.25, 0.3) is 0 Å². The number of alkyl halides is 2. The van der Waals surface area contributed by atoms with Crippen LogP contribution in [0.4, 0.5) is 8.78 Å². The van der Waals surface area contributed by atoms with Crippen molar-refractivity contribution in [2.45, 2.75) is 11.5 Å². The quantitative estimate of drug-likeness (QED) is 0.814. The first kappa shape index (κ1) is 12.6. The maximum absolute atomic E-state index is 12.4. The molecule has 0 aliphatic rings.